The molecule has 4 rings (SSSR count). The molecule has 0 aliphatic carbocycles. The van der Waals surface area contributed by atoms with Crippen molar-refractivity contribution in [3.8, 4) is 0 Å². The first kappa shape index (κ1) is 27.1. The van der Waals surface area contributed by atoms with Crippen LogP contribution in [0, 0.1) is 27.7 Å². The third-order valence-electron chi connectivity index (χ3n) is 8.44. The monoisotopic (exact) mass is 498 g/mol. The molecule has 1 heteroatoms. The fourth-order valence-corrected chi connectivity index (χ4v) is 10.3. The summed E-state index contributed by atoms with van der Waals surface area (Å²) in [6, 6.07) is 25.8. The Balaban J connectivity index is 1.73. The predicted octanol–water partition coefficient (Wildman–Crippen LogP) is 11.1. The number of hydrogen-bond donors (Lipinski definition) is 0. The highest BCUT2D eigenvalue weighted by Crippen LogP contribution is 2.71. The van der Waals surface area contributed by atoms with Crippen molar-refractivity contribution in [3.63, 3.8) is 0 Å². The SMILES string of the molecule is CCCCCCCCP1C(c2cc(C)ccc2C)CC(c2ccccc2)CC1c1cc(C)ccc1C. The molecule has 1 saturated heterocycles. The summed E-state index contributed by atoms with van der Waals surface area (Å²) in [4.78, 5) is 0. The van der Waals surface area contributed by atoms with Crippen molar-refractivity contribution in [1.29, 1.82) is 0 Å². The van der Waals surface area contributed by atoms with E-state index < -0.39 is 0 Å². The normalized spacial score (nSPS) is 22.0. The lowest BCUT2D eigenvalue weighted by Gasteiger charge is -2.45. The molecule has 1 aliphatic rings. The van der Waals surface area contributed by atoms with E-state index in [1.54, 1.807) is 11.1 Å². The lowest BCUT2D eigenvalue weighted by Crippen LogP contribution is -2.20. The molecule has 0 saturated carbocycles. The maximum Gasteiger partial charge on any atom is 0.00558 e. The van der Waals surface area contributed by atoms with Crippen LogP contribution in [0.5, 0.6) is 0 Å². The van der Waals surface area contributed by atoms with Crippen LogP contribution in [-0.2, 0) is 0 Å². The zero-order chi connectivity index (χ0) is 25.5. The Kier molecular flexibility index (Phi) is 9.84. The van der Waals surface area contributed by atoms with Gasteiger partial charge in [-0.1, -0.05) is 125 Å². The molecule has 0 radical (unpaired) electrons. The van der Waals surface area contributed by atoms with Crippen molar-refractivity contribution in [2.75, 3.05) is 6.16 Å². The first-order valence-corrected chi connectivity index (χ1v) is 16.1. The van der Waals surface area contributed by atoms with Crippen LogP contribution in [0.15, 0.2) is 66.7 Å². The van der Waals surface area contributed by atoms with Crippen LogP contribution >= 0.6 is 7.92 Å². The van der Waals surface area contributed by atoms with Crippen molar-refractivity contribution in [3.05, 3.63) is 106 Å². The Hall–Kier alpha value is -1.91. The van der Waals surface area contributed by atoms with Gasteiger partial charge in [0.1, 0.15) is 0 Å². The Bertz CT molecular complexity index is 1040. The summed E-state index contributed by atoms with van der Waals surface area (Å²) in [5, 5.41) is 0. The van der Waals surface area contributed by atoms with E-state index in [9.17, 15) is 0 Å². The van der Waals surface area contributed by atoms with Gasteiger partial charge in [0.2, 0.25) is 0 Å². The molecule has 0 spiro atoms. The Morgan fingerprint density at radius 2 is 1.17 bits per heavy atom. The van der Waals surface area contributed by atoms with Gasteiger partial charge in [-0.15, -0.1) is 0 Å². The van der Waals surface area contributed by atoms with Gasteiger partial charge in [0.15, 0.2) is 0 Å². The fraction of sp³-hybridized carbons (Fsp3) is 0.486. The first-order valence-electron chi connectivity index (χ1n) is 14.4. The van der Waals surface area contributed by atoms with Crippen molar-refractivity contribution >= 4 is 7.92 Å². The molecular formula is C35H47P. The summed E-state index contributed by atoms with van der Waals surface area (Å²) in [5.41, 5.74) is 12.0. The minimum Gasteiger partial charge on any atom is -0.0913 e. The minimum absolute atomic E-state index is 0.150. The summed E-state index contributed by atoms with van der Waals surface area (Å²) < 4.78 is 0. The summed E-state index contributed by atoms with van der Waals surface area (Å²) in [6.07, 6.45) is 12.4. The maximum absolute atomic E-state index is 2.53. The topological polar surface area (TPSA) is 0 Å². The summed E-state index contributed by atoms with van der Waals surface area (Å²) >= 11 is 0. The largest absolute Gasteiger partial charge is 0.0913 e. The number of rotatable bonds is 10. The van der Waals surface area contributed by atoms with Gasteiger partial charge < -0.3 is 0 Å². The van der Waals surface area contributed by atoms with Gasteiger partial charge in [-0.2, -0.15) is 0 Å². The molecule has 1 fully saturated rings. The number of benzene rings is 3. The van der Waals surface area contributed by atoms with E-state index in [1.807, 2.05) is 0 Å². The van der Waals surface area contributed by atoms with Crippen LogP contribution in [0.3, 0.4) is 0 Å². The zero-order valence-corrected chi connectivity index (χ0v) is 24.3. The van der Waals surface area contributed by atoms with Crippen molar-refractivity contribution in [2.45, 2.75) is 103 Å². The van der Waals surface area contributed by atoms with E-state index in [1.165, 1.54) is 85.3 Å². The summed E-state index contributed by atoms with van der Waals surface area (Å²) in [6.45, 7) is 11.6. The minimum atomic E-state index is -0.150. The number of hydrogen-bond acceptors (Lipinski definition) is 0. The smallest absolute Gasteiger partial charge is 0.00558 e. The van der Waals surface area contributed by atoms with Gasteiger partial charge in [-0.05, 0) is 86.9 Å². The van der Waals surface area contributed by atoms with E-state index in [2.05, 4.69) is 101 Å². The van der Waals surface area contributed by atoms with Gasteiger partial charge in [0, 0.05) is 11.3 Å². The highest BCUT2D eigenvalue weighted by atomic mass is 31.1. The Labute approximate surface area is 222 Å². The summed E-state index contributed by atoms with van der Waals surface area (Å²) in [7, 11) is -0.150. The highest BCUT2D eigenvalue weighted by molar-refractivity contribution is 7.58. The number of aryl methyl sites for hydroxylation is 4. The standard InChI is InChI=1S/C35H47P/c1-6-7-8-9-10-14-21-36-34(32-22-26(2)17-19-28(32)4)24-31(30-15-12-11-13-16-30)25-35(36)33-23-27(3)18-20-29(33)5/h11-13,15-20,22-23,31,34-35H,6-10,14,21,24-25H2,1-5H3. The van der Waals surface area contributed by atoms with E-state index >= 15 is 0 Å². The third-order valence-corrected chi connectivity index (χ3v) is 11.9. The third kappa shape index (κ3) is 6.69. The quantitative estimate of drug-likeness (QED) is 0.193. The van der Waals surface area contributed by atoms with Gasteiger partial charge in [0.25, 0.3) is 0 Å². The molecule has 36 heavy (non-hydrogen) atoms. The van der Waals surface area contributed by atoms with Crippen molar-refractivity contribution < 1.29 is 0 Å². The van der Waals surface area contributed by atoms with Crippen LogP contribution in [0.1, 0.15) is 114 Å². The molecule has 0 bridgehead atoms. The lowest BCUT2D eigenvalue weighted by atomic mass is 9.84. The van der Waals surface area contributed by atoms with Crippen molar-refractivity contribution in [1.82, 2.24) is 0 Å². The van der Waals surface area contributed by atoms with Gasteiger partial charge >= 0.3 is 0 Å². The van der Waals surface area contributed by atoms with Gasteiger partial charge in [0.05, 0.1) is 0 Å². The van der Waals surface area contributed by atoms with E-state index in [0.717, 1.165) is 0 Å². The summed E-state index contributed by atoms with van der Waals surface area (Å²) in [5.74, 6) is 0.629. The van der Waals surface area contributed by atoms with Crippen LogP contribution in [0.4, 0.5) is 0 Å². The predicted molar refractivity (Wildman–Crippen MR) is 161 cm³/mol. The van der Waals surface area contributed by atoms with E-state index in [4.69, 9.17) is 0 Å². The molecule has 192 valence electrons. The van der Waals surface area contributed by atoms with Crippen LogP contribution in [-0.4, -0.2) is 6.16 Å². The lowest BCUT2D eigenvalue weighted by molar-refractivity contribution is 0.522. The second-order valence-corrected chi connectivity index (χ2v) is 14.1. The molecule has 3 aromatic carbocycles. The molecule has 0 nitrogen and oxygen atoms in total. The first-order chi connectivity index (χ1) is 17.5. The van der Waals surface area contributed by atoms with E-state index in [-0.39, 0.29) is 7.92 Å². The van der Waals surface area contributed by atoms with Crippen LogP contribution < -0.4 is 0 Å². The van der Waals surface area contributed by atoms with Crippen molar-refractivity contribution in [2.24, 2.45) is 0 Å². The molecule has 0 amide bonds. The molecule has 0 aromatic heterocycles. The molecule has 0 N–H and O–H groups in total. The van der Waals surface area contributed by atoms with Gasteiger partial charge in [-0.3, -0.25) is 0 Å². The zero-order valence-electron chi connectivity index (χ0n) is 23.4. The molecule has 2 atom stereocenters. The molecule has 3 aromatic rings. The van der Waals surface area contributed by atoms with E-state index in [0.29, 0.717) is 17.2 Å². The Morgan fingerprint density at radius 1 is 0.639 bits per heavy atom. The van der Waals surface area contributed by atoms with Crippen LogP contribution in [0.25, 0.3) is 0 Å². The second kappa shape index (κ2) is 13.1. The van der Waals surface area contributed by atoms with Gasteiger partial charge in [-0.25, -0.2) is 0 Å². The number of unbranched alkanes of at least 4 members (excludes halogenated alkanes) is 5. The highest BCUT2D eigenvalue weighted by Gasteiger charge is 2.40. The average Bonchev–Trinajstić information content (AvgIpc) is 2.89. The molecule has 1 heterocycles. The Morgan fingerprint density at radius 3 is 1.72 bits per heavy atom. The average molecular weight is 499 g/mol. The molecule has 1 aliphatic heterocycles. The maximum atomic E-state index is 2.53. The second-order valence-electron chi connectivity index (χ2n) is 11.3. The molecule has 2 unspecified atom stereocenters. The van der Waals surface area contributed by atoms with Crippen LogP contribution in [0.2, 0.25) is 0 Å². The molecular weight excluding hydrogens is 451 g/mol. The fourth-order valence-electron chi connectivity index (χ4n) is 6.36.